The lowest BCUT2D eigenvalue weighted by Gasteiger charge is -2.11. The number of halogens is 1. The number of methoxy groups -OCH3 is 1. The van der Waals surface area contributed by atoms with Crippen molar-refractivity contribution < 1.29 is 9.31 Å². The van der Waals surface area contributed by atoms with Crippen LogP contribution in [0.15, 0.2) is 18.2 Å². The highest BCUT2D eigenvalue weighted by Gasteiger charge is 2.14. The Morgan fingerprint density at radius 2 is 2.36 bits per heavy atom. The van der Waals surface area contributed by atoms with Gasteiger partial charge in [0, 0.05) is 12.0 Å². The summed E-state index contributed by atoms with van der Waals surface area (Å²) in [6.07, 6.45) is 3.14. The van der Waals surface area contributed by atoms with Crippen molar-refractivity contribution in [2.24, 2.45) is 0 Å². The molecule has 0 radical (unpaired) electrons. The topological polar surface area (TPSA) is 12.2 Å². The number of alkyl halides is 1. The fraction of sp³-hybridized carbons (Fsp3) is 0.364. The van der Waals surface area contributed by atoms with E-state index >= 15 is 0 Å². The van der Waals surface area contributed by atoms with Gasteiger partial charge in [0.2, 0.25) is 6.00 Å². The van der Waals surface area contributed by atoms with E-state index in [1.54, 1.807) is 7.11 Å². The summed E-state index contributed by atoms with van der Waals surface area (Å²) in [5.74, 6) is 0.927. The number of rotatable bonds is 2. The van der Waals surface area contributed by atoms with E-state index in [2.05, 4.69) is 22.9 Å². The van der Waals surface area contributed by atoms with E-state index < -0.39 is 0 Å². The number of nitrogens with zero attached hydrogens (tertiary/aromatic N) is 1. The van der Waals surface area contributed by atoms with Gasteiger partial charge in [-0.15, -0.1) is 0 Å². The predicted octanol–water partition coefficient (Wildman–Crippen LogP) is 1.88. The highest BCUT2D eigenvalue weighted by molar-refractivity contribution is 6.17. The molecule has 1 aromatic rings. The number of benzene rings is 1. The lowest BCUT2D eigenvalue weighted by Crippen LogP contribution is -2.21. The molecule has 3 heteroatoms. The number of hydrogen-bond acceptors (Lipinski definition) is 1. The Balaban J connectivity index is 2.37. The van der Waals surface area contributed by atoms with E-state index in [4.69, 9.17) is 16.3 Å². The van der Waals surface area contributed by atoms with Gasteiger partial charge in [-0.3, -0.25) is 0 Å². The van der Waals surface area contributed by atoms with Gasteiger partial charge in [0.1, 0.15) is 12.3 Å². The normalized spacial score (nSPS) is 14.6. The van der Waals surface area contributed by atoms with Crippen molar-refractivity contribution in [3.63, 3.8) is 0 Å². The third-order valence-corrected chi connectivity index (χ3v) is 2.80. The smallest absolute Gasteiger partial charge is 0.217 e. The van der Waals surface area contributed by atoms with Crippen molar-refractivity contribution in [2.75, 3.05) is 19.7 Å². The molecule has 2 rings (SSSR count). The Kier molecular flexibility index (Phi) is 2.73. The fourth-order valence-corrected chi connectivity index (χ4v) is 1.86. The standard InChI is InChI=1S/C11H13ClNO/c1-14-11-3-2-10-7-13(8-12)5-4-9(10)6-11/h2-3,6-7H,4-5,8H2,1H3/q+1. The van der Waals surface area contributed by atoms with Crippen molar-refractivity contribution in [2.45, 2.75) is 6.42 Å². The van der Waals surface area contributed by atoms with Crippen LogP contribution in [0.25, 0.3) is 0 Å². The van der Waals surface area contributed by atoms with Crippen molar-refractivity contribution in [3.8, 4) is 5.75 Å². The van der Waals surface area contributed by atoms with Gasteiger partial charge < -0.3 is 4.74 Å². The second-order valence-corrected chi connectivity index (χ2v) is 3.61. The van der Waals surface area contributed by atoms with Crippen LogP contribution in [0.2, 0.25) is 0 Å². The van der Waals surface area contributed by atoms with E-state index in [9.17, 15) is 0 Å². The molecule has 74 valence electrons. The van der Waals surface area contributed by atoms with Crippen LogP contribution < -0.4 is 4.74 Å². The van der Waals surface area contributed by atoms with Gasteiger partial charge in [-0.1, -0.05) is 11.6 Å². The van der Waals surface area contributed by atoms with Crippen LogP contribution in [0, 0.1) is 0 Å². The second kappa shape index (κ2) is 4.01. The first kappa shape index (κ1) is 9.53. The molecule has 2 nitrogen and oxygen atoms in total. The van der Waals surface area contributed by atoms with Crippen molar-refractivity contribution in [1.82, 2.24) is 0 Å². The summed E-state index contributed by atoms with van der Waals surface area (Å²) >= 11 is 5.78. The molecule has 0 N–H and O–H groups in total. The summed E-state index contributed by atoms with van der Waals surface area (Å²) in [6, 6.07) is 6.71. The largest absolute Gasteiger partial charge is 0.497 e. The van der Waals surface area contributed by atoms with Crippen LogP contribution in [-0.2, 0) is 6.42 Å². The van der Waals surface area contributed by atoms with E-state index in [0.717, 1.165) is 18.7 Å². The molecule has 1 aliphatic rings. The maximum Gasteiger partial charge on any atom is 0.217 e. The monoisotopic (exact) mass is 210 g/mol. The highest BCUT2D eigenvalue weighted by Crippen LogP contribution is 2.19. The summed E-state index contributed by atoms with van der Waals surface area (Å²) in [5.41, 5.74) is 2.59. The lowest BCUT2D eigenvalue weighted by atomic mass is 10.0. The molecular weight excluding hydrogens is 198 g/mol. The third-order valence-electron chi connectivity index (χ3n) is 2.49. The Hall–Kier alpha value is -1.02. The first-order chi connectivity index (χ1) is 6.83. The summed E-state index contributed by atoms with van der Waals surface area (Å²) in [7, 11) is 1.69. The number of fused-ring (bicyclic) bond motifs is 1. The van der Waals surface area contributed by atoms with Crippen LogP contribution in [-0.4, -0.2) is 30.4 Å². The third kappa shape index (κ3) is 1.75. The van der Waals surface area contributed by atoms with Crippen LogP contribution >= 0.6 is 11.6 Å². The maximum atomic E-state index is 5.78. The zero-order valence-electron chi connectivity index (χ0n) is 8.16. The van der Waals surface area contributed by atoms with Crippen molar-refractivity contribution in [1.29, 1.82) is 0 Å². The Morgan fingerprint density at radius 3 is 3.07 bits per heavy atom. The molecule has 1 aliphatic heterocycles. The van der Waals surface area contributed by atoms with Crippen LogP contribution in [0.1, 0.15) is 11.1 Å². The Bertz CT molecular complexity index is 374. The molecule has 0 bridgehead atoms. The average molecular weight is 211 g/mol. The second-order valence-electron chi connectivity index (χ2n) is 3.38. The number of ether oxygens (including phenoxy) is 1. The fourth-order valence-electron chi connectivity index (χ4n) is 1.67. The Labute approximate surface area is 88.8 Å². The minimum absolute atomic E-state index is 0.561. The van der Waals surface area contributed by atoms with Crippen LogP contribution in [0.3, 0.4) is 0 Å². The van der Waals surface area contributed by atoms with Gasteiger partial charge >= 0.3 is 0 Å². The van der Waals surface area contributed by atoms with Gasteiger partial charge in [0.15, 0.2) is 6.21 Å². The maximum absolute atomic E-state index is 5.78. The zero-order chi connectivity index (χ0) is 9.97. The highest BCUT2D eigenvalue weighted by atomic mass is 35.5. The average Bonchev–Trinajstić information content (AvgIpc) is 2.27. The van der Waals surface area contributed by atoms with E-state index in [1.807, 2.05) is 6.07 Å². The van der Waals surface area contributed by atoms with Gasteiger partial charge in [-0.2, -0.15) is 0 Å². The van der Waals surface area contributed by atoms with Crippen molar-refractivity contribution in [3.05, 3.63) is 29.3 Å². The predicted molar refractivity (Wildman–Crippen MR) is 57.7 cm³/mol. The number of hydrogen-bond donors (Lipinski definition) is 0. The molecule has 0 aliphatic carbocycles. The van der Waals surface area contributed by atoms with Gasteiger partial charge in [0.05, 0.1) is 7.11 Å². The lowest BCUT2D eigenvalue weighted by molar-refractivity contribution is -0.505. The molecule has 0 unspecified atom stereocenters. The summed E-state index contributed by atoms with van der Waals surface area (Å²) in [6.45, 7) is 0.990. The first-order valence-electron chi connectivity index (χ1n) is 4.65. The molecule has 0 spiro atoms. The molecule has 0 fully saturated rings. The first-order valence-corrected chi connectivity index (χ1v) is 5.19. The van der Waals surface area contributed by atoms with Crippen molar-refractivity contribution >= 4 is 17.8 Å². The zero-order valence-corrected chi connectivity index (χ0v) is 8.92. The van der Waals surface area contributed by atoms with E-state index in [0.29, 0.717) is 6.00 Å². The minimum atomic E-state index is 0.561. The Morgan fingerprint density at radius 1 is 1.50 bits per heavy atom. The molecule has 1 aromatic carbocycles. The summed E-state index contributed by atoms with van der Waals surface area (Å²) < 4.78 is 7.29. The van der Waals surface area contributed by atoms with Gasteiger partial charge in [-0.25, -0.2) is 4.58 Å². The summed E-state index contributed by atoms with van der Waals surface area (Å²) in [5, 5.41) is 0. The summed E-state index contributed by atoms with van der Waals surface area (Å²) in [4.78, 5) is 0. The molecule has 0 atom stereocenters. The van der Waals surface area contributed by atoms with Crippen LogP contribution in [0.4, 0.5) is 0 Å². The minimum Gasteiger partial charge on any atom is -0.497 e. The van der Waals surface area contributed by atoms with Crippen LogP contribution in [0.5, 0.6) is 5.75 Å². The molecule has 0 saturated carbocycles. The molecule has 0 aromatic heterocycles. The molecule has 0 saturated heterocycles. The van der Waals surface area contributed by atoms with Gasteiger partial charge in [-0.05, 0) is 23.8 Å². The molecule has 1 heterocycles. The molecule has 14 heavy (non-hydrogen) atoms. The molecular formula is C11H13ClNO+. The SMILES string of the molecule is COc1ccc2c(c1)CC[N+](CCl)=C2. The van der Waals surface area contributed by atoms with E-state index in [-0.39, 0.29) is 0 Å². The quantitative estimate of drug-likeness (QED) is 0.413. The van der Waals surface area contributed by atoms with Gasteiger partial charge in [0.25, 0.3) is 0 Å². The molecule has 0 amide bonds. The van der Waals surface area contributed by atoms with E-state index in [1.165, 1.54) is 11.1 Å².